The zero-order valence-electron chi connectivity index (χ0n) is 17.9. The molecular weight excluding hydrogens is 527 g/mol. The molecule has 1 fully saturated rings. The predicted molar refractivity (Wildman–Crippen MR) is 139 cm³/mol. The van der Waals surface area contributed by atoms with Crippen LogP contribution >= 0.6 is 35.3 Å². The lowest BCUT2D eigenvalue weighted by Crippen LogP contribution is -2.45. The molecule has 3 N–H and O–H groups in total. The van der Waals surface area contributed by atoms with Crippen molar-refractivity contribution in [3.05, 3.63) is 56.8 Å². The molecule has 0 amide bonds. The van der Waals surface area contributed by atoms with E-state index in [0.29, 0.717) is 25.0 Å². The van der Waals surface area contributed by atoms with Gasteiger partial charge in [0.05, 0.1) is 4.92 Å². The average Bonchev–Trinajstić information content (AvgIpc) is 3.28. The number of likely N-dealkylation sites (tertiary alicyclic amines) is 1. The minimum absolute atomic E-state index is 0. The molecule has 31 heavy (non-hydrogen) atoms. The minimum atomic E-state index is -0.395. The molecule has 0 bridgehead atoms. The van der Waals surface area contributed by atoms with Gasteiger partial charge in [0, 0.05) is 55.4 Å². The summed E-state index contributed by atoms with van der Waals surface area (Å²) >= 11 is 1.83. The van der Waals surface area contributed by atoms with Crippen molar-refractivity contribution in [1.29, 1.82) is 0 Å². The molecule has 170 valence electrons. The van der Waals surface area contributed by atoms with E-state index in [1.807, 2.05) is 11.3 Å². The second kappa shape index (κ2) is 12.8. The van der Waals surface area contributed by atoms with Crippen molar-refractivity contribution in [3.8, 4) is 0 Å². The fourth-order valence-corrected chi connectivity index (χ4v) is 4.90. The summed E-state index contributed by atoms with van der Waals surface area (Å²) in [5, 5.41) is 22.9. The van der Waals surface area contributed by atoms with Gasteiger partial charge in [0.15, 0.2) is 5.96 Å². The number of non-ortho nitro benzene ring substituents is 1. The normalized spacial score (nSPS) is 19.4. The number of anilines is 1. The standard InChI is InChI=1S/C21H30N6O2S.HI/c1-22-21(24-12-11-23-17-7-9-18(10-8-17)27(28)29)25-15-16-5-3-13-26(2)20(16)19-6-4-14-30-19;/h4,6-10,14,16,20,23H,3,5,11-13,15H2,1-2H3,(H2,22,24,25);1H. The van der Waals surface area contributed by atoms with E-state index in [9.17, 15) is 10.1 Å². The van der Waals surface area contributed by atoms with Gasteiger partial charge in [0.1, 0.15) is 0 Å². The maximum atomic E-state index is 10.7. The SMILES string of the molecule is CN=C(NCCNc1ccc([N+](=O)[O-])cc1)NCC1CCCN(C)C1c1cccs1.I. The van der Waals surface area contributed by atoms with Crippen LogP contribution in [0.3, 0.4) is 0 Å². The summed E-state index contributed by atoms with van der Waals surface area (Å²) in [5.41, 5.74) is 0.951. The summed E-state index contributed by atoms with van der Waals surface area (Å²) in [7, 11) is 4.00. The Morgan fingerprint density at radius 2 is 2.03 bits per heavy atom. The summed E-state index contributed by atoms with van der Waals surface area (Å²) in [6.45, 7) is 3.39. The predicted octanol–water partition coefficient (Wildman–Crippen LogP) is 3.93. The largest absolute Gasteiger partial charge is 0.383 e. The summed E-state index contributed by atoms with van der Waals surface area (Å²) in [6, 6.07) is 11.3. The molecule has 2 unspecified atom stereocenters. The molecule has 0 saturated carbocycles. The van der Waals surface area contributed by atoms with Gasteiger partial charge in [0.2, 0.25) is 0 Å². The van der Waals surface area contributed by atoms with Gasteiger partial charge in [-0.3, -0.25) is 20.0 Å². The number of guanidine groups is 1. The average molecular weight is 558 g/mol. The molecule has 1 aromatic heterocycles. The van der Waals surface area contributed by atoms with E-state index in [4.69, 9.17) is 0 Å². The van der Waals surface area contributed by atoms with Gasteiger partial charge in [-0.2, -0.15) is 0 Å². The molecule has 8 nitrogen and oxygen atoms in total. The summed E-state index contributed by atoms with van der Waals surface area (Å²) in [4.78, 5) is 18.5. The third kappa shape index (κ3) is 7.32. The first-order valence-electron chi connectivity index (χ1n) is 10.2. The Hall–Kier alpha value is -1.92. The first-order valence-corrected chi connectivity index (χ1v) is 11.1. The van der Waals surface area contributed by atoms with Crippen LogP contribution in [-0.2, 0) is 0 Å². The van der Waals surface area contributed by atoms with Crippen LogP contribution in [0.2, 0.25) is 0 Å². The van der Waals surface area contributed by atoms with E-state index in [1.54, 1.807) is 19.2 Å². The van der Waals surface area contributed by atoms with E-state index in [-0.39, 0.29) is 29.7 Å². The summed E-state index contributed by atoms with van der Waals surface area (Å²) < 4.78 is 0. The molecule has 2 heterocycles. The lowest BCUT2D eigenvalue weighted by atomic mass is 9.88. The van der Waals surface area contributed by atoms with Crippen LogP contribution < -0.4 is 16.0 Å². The Morgan fingerprint density at radius 3 is 2.68 bits per heavy atom. The van der Waals surface area contributed by atoms with E-state index in [1.165, 1.54) is 29.9 Å². The molecule has 1 aliphatic heterocycles. The van der Waals surface area contributed by atoms with Crippen molar-refractivity contribution >= 4 is 52.6 Å². The molecule has 0 spiro atoms. The molecule has 0 aliphatic carbocycles. The Morgan fingerprint density at radius 1 is 1.26 bits per heavy atom. The van der Waals surface area contributed by atoms with E-state index in [2.05, 4.69) is 50.4 Å². The van der Waals surface area contributed by atoms with Crippen molar-refractivity contribution < 1.29 is 4.92 Å². The van der Waals surface area contributed by atoms with Crippen molar-refractivity contribution in [3.63, 3.8) is 0 Å². The number of halogens is 1. The topological polar surface area (TPSA) is 94.8 Å². The Bertz CT molecular complexity index is 831. The van der Waals surface area contributed by atoms with Crippen molar-refractivity contribution in [2.45, 2.75) is 18.9 Å². The lowest BCUT2D eigenvalue weighted by Gasteiger charge is -2.39. The highest BCUT2D eigenvalue weighted by atomic mass is 127. The van der Waals surface area contributed by atoms with Crippen LogP contribution in [0.1, 0.15) is 23.8 Å². The number of nitro benzene ring substituents is 1. The van der Waals surface area contributed by atoms with Crippen molar-refractivity contribution in [1.82, 2.24) is 15.5 Å². The second-order valence-electron chi connectivity index (χ2n) is 7.45. The fourth-order valence-electron chi connectivity index (χ4n) is 3.92. The third-order valence-electron chi connectivity index (χ3n) is 5.42. The summed E-state index contributed by atoms with van der Waals surface area (Å²) in [6.07, 6.45) is 2.43. The molecule has 1 saturated heterocycles. The lowest BCUT2D eigenvalue weighted by molar-refractivity contribution is -0.384. The number of benzene rings is 1. The van der Waals surface area contributed by atoms with Gasteiger partial charge >= 0.3 is 0 Å². The summed E-state index contributed by atoms with van der Waals surface area (Å²) in [5.74, 6) is 1.33. The number of thiophene rings is 1. The van der Waals surface area contributed by atoms with Crippen LogP contribution in [0.15, 0.2) is 46.8 Å². The zero-order valence-corrected chi connectivity index (χ0v) is 21.1. The number of hydrogen-bond donors (Lipinski definition) is 3. The zero-order chi connectivity index (χ0) is 21.3. The molecule has 10 heteroatoms. The van der Waals surface area contributed by atoms with Crippen LogP contribution in [0.25, 0.3) is 0 Å². The van der Waals surface area contributed by atoms with E-state index in [0.717, 1.165) is 24.7 Å². The molecular formula is C21H31IN6O2S. The van der Waals surface area contributed by atoms with Crippen LogP contribution in [-0.4, -0.2) is 56.1 Å². The Kier molecular flexibility index (Phi) is 10.5. The van der Waals surface area contributed by atoms with Crippen LogP contribution in [0.4, 0.5) is 11.4 Å². The Labute approximate surface area is 204 Å². The first-order chi connectivity index (χ1) is 14.6. The number of aliphatic imine (C=N–C) groups is 1. The van der Waals surface area contributed by atoms with E-state index >= 15 is 0 Å². The molecule has 2 atom stereocenters. The molecule has 1 aliphatic rings. The highest BCUT2D eigenvalue weighted by Gasteiger charge is 2.31. The van der Waals surface area contributed by atoms with Gasteiger partial charge in [0.25, 0.3) is 5.69 Å². The number of nitro groups is 1. The van der Waals surface area contributed by atoms with Crippen molar-refractivity contribution in [2.75, 3.05) is 45.6 Å². The van der Waals surface area contributed by atoms with Crippen LogP contribution in [0, 0.1) is 16.0 Å². The number of hydrogen-bond acceptors (Lipinski definition) is 6. The molecule has 0 radical (unpaired) electrons. The highest BCUT2D eigenvalue weighted by molar-refractivity contribution is 14.0. The molecule has 1 aromatic carbocycles. The smallest absolute Gasteiger partial charge is 0.269 e. The molecule has 3 rings (SSSR count). The quantitative estimate of drug-likeness (QED) is 0.114. The number of rotatable bonds is 8. The highest BCUT2D eigenvalue weighted by Crippen LogP contribution is 2.36. The third-order valence-corrected chi connectivity index (χ3v) is 6.36. The maximum Gasteiger partial charge on any atom is 0.269 e. The van der Waals surface area contributed by atoms with Gasteiger partial charge in [-0.15, -0.1) is 35.3 Å². The van der Waals surface area contributed by atoms with Crippen LogP contribution in [0.5, 0.6) is 0 Å². The van der Waals surface area contributed by atoms with Gasteiger partial charge in [-0.05, 0) is 55.9 Å². The minimum Gasteiger partial charge on any atom is -0.383 e. The van der Waals surface area contributed by atoms with Crippen molar-refractivity contribution in [2.24, 2.45) is 10.9 Å². The monoisotopic (exact) mass is 558 g/mol. The number of nitrogens with zero attached hydrogens (tertiary/aromatic N) is 3. The first kappa shape index (κ1) is 25.3. The van der Waals surface area contributed by atoms with E-state index < -0.39 is 4.92 Å². The van der Waals surface area contributed by atoms with Gasteiger partial charge in [-0.1, -0.05) is 6.07 Å². The number of piperidine rings is 1. The van der Waals surface area contributed by atoms with Gasteiger partial charge in [-0.25, -0.2) is 0 Å². The fraction of sp³-hybridized carbons (Fsp3) is 0.476. The molecule has 2 aromatic rings. The van der Waals surface area contributed by atoms with Gasteiger partial charge < -0.3 is 16.0 Å². The maximum absolute atomic E-state index is 10.7. The number of nitrogens with one attached hydrogen (secondary N) is 3. The Balaban J connectivity index is 0.00000341. The second-order valence-corrected chi connectivity index (χ2v) is 8.43.